The number of hydrogen-bond donors (Lipinski definition) is 3. The highest BCUT2D eigenvalue weighted by Crippen LogP contribution is 2.26. The average molecular weight is 416 g/mol. The number of ether oxygens (including phenoxy) is 4. The quantitative estimate of drug-likeness (QED) is 0.537. The van der Waals surface area contributed by atoms with Crippen LogP contribution in [0.25, 0.3) is 0 Å². The lowest BCUT2D eigenvalue weighted by Crippen LogP contribution is -2.51. The van der Waals surface area contributed by atoms with Crippen LogP contribution in [0.15, 0.2) is 60.2 Å². The molecule has 0 amide bonds. The minimum absolute atomic E-state index is 0.187. The smallest absolute Gasteiger partial charge is 0.118 e. The molecule has 0 unspecified atom stereocenters. The van der Waals surface area contributed by atoms with Crippen LogP contribution < -0.4 is 9.47 Å². The summed E-state index contributed by atoms with van der Waals surface area (Å²) in [6, 6.07) is 14.7. The lowest BCUT2D eigenvalue weighted by atomic mass is 9.89. The largest absolute Gasteiger partial charge is 0.497 e. The van der Waals surface area contributed by atoms with Gasteiger partial charge in [-0.2, -0.15) is 0 Å². The summed E-state index contributed by atoms with van der Waals surface area (Å²) in [5, 5.41) is 30.9. The fourth-order valence-electron chi connectivity index (χ4n) is 3.30. The van der Waals surface area contributed by atoms with Crippen molar-refractivity contribution in [3.8, 4) is 11.5 Å². The summed E-state index contributed by atoms with van der Waals surface area (Å²) in [6.45, 7) is 0.0909. The van der Waals surface area contributed by atoms with Crippen molar-refractivity contribution in [2.75, 3.05) is 20.8 Å². The molecular weight excluding hydrogens is 388 g/mol. The number of rotatable bonds is 9. The third kappa shape index (κ3) is 5.38. The molecule has 3 rings (SSSR count). The molecule has 0 spiro atoms. The van der Waals surface area contributed by atoms with E-state index in [2.05, 4.69) is 0 Å². The van der Waals surface area contributed by atoms with Gasteiger partial charge in [-0.25, -0.2) is 0 Å². The lowest BCUT2D eigenvalue weighted by molar-refractivity contribution is -0.145. The van der Waals surface area contributed by atoms with Crippen LogP contribution in [-0.2, 0) is 22.7 Å². The molecule has 30 heavy (non-hydrogen) atoms. The maximum absolute atomic E-state index is 10.8. The SMILES string of the molecule is COc1ccc(CO[C@@H]2[C@@H](O)[C@H](OCc3ccc(OC)cc3)C=C(CO)[C@H]2O)cc1. The predicted molar refractivity (Wildman–Crippen MR) is 110 cm³/mol. The Labute approximate surface area is 176 Å². The van der Waals surface area contributed by atoms with E-state index in [-0.39, 0.29) is 19.8 Å². The summed E-state index contributed by atoms with van der Waals surface area (Å²) < 4.78 is 22.0. The van der Waals surface area contributed by atoms with Crippen molar-refractivity contribution in [2.45, 2.75) is 37.6 Å². The van der Waals surface area contributed by atoms with E-state index in [9.17, 15) is 15.3 Å². The van der Waals surface area contributed by atoms with Crippen molar-refractivity contribution in [3.63, 3.8) is 0 Å². The molecular formula is C23H28O7. The zero-order valence-corrected chi connectivity index (χ0v) is 17.1. The summed E-state index contributed by atoms with van der Waals surface area (Å²) in [7, 11) is 3.19. The van der Waals surface area contributed by atoms with Gasteiger partial charge in [0.25, 0.3) is 0 Å². The molecule has 0 heterocycles. The van der Waals surface area contributed by atoms with E-state index >= 15 is 0 Å². The molecule has 0 aromatic heterocycles. The first-order valence-electron chi connectivity index (χ1n) is 9.72. The Morgan fingerprint density at radius 2 is 1.27 bits per heavy atom. The number of aliphatic hydroxyl groups is 3. The average Bonchev–Trinajstić information content (AvgIpc) is 2.79. The predicted octanol–water partition coefficient (Wildman–Crippen LogP) is 1.83. The van der Waals surface area contributed by atoms with Crippen LogP contribution >= 0.6 is 0 Å². The number of hydrogen-bond acceptors (Lipinski definition) is 7. The second-order valence-corrected chi connectivity index (χ2v) is 7.08. The molecule has 0 fully saturated rings. The molecule has 0 aliphatic heterocycles. The molecule has 3 N–H and O–H groups in total. The Hall–Kier alpha value is -2.42. The van der Waals surface area contributed by atoms with Gasteiger partial charge < -0.3 is 34.3 Å². The van der Waals surface area contributed by atoms with E-state index < -0.39 is 24.4 Å². The van der Waals surface area contributed by atoms with Crippen LogP contribution in [0.1, 0.15) is 11.1 Å². The van der Waals surface area contributed by atoms with Gasteiger partial charge >= 0.3 is 0 Å². The van der Waals surface area contributed by atoms with Crippen molar-refractivity contribution in [1.29, 1.82) is 0 Å². The van der Waals surface area contributed by atoms with E-state index in [0.717, 1.165) is 22.6 Å². The summed E-state index contributed by atoms with van der Waals surface area (Å²) in [6.07, 6.45) is -2.30. The third-order valence-electron chi connectivity index (χ3n) is 5.13. The standard InChI is InChI=1S/C23H28O7/c1-27-18-7-3-15(4-8-18)13-29-20-11-17(12-24)21(25)23(22(20)26)30-14-16-5-9-19(28-2)10-6-16/h3-11,20-26H,12-14H2,1-2H3/t20-,21-,22+,23+/m1/s1. The maximum atomic E-state index is 10.8. The van der Waals surface area contributed by atoms with Gasteiger partial charge in [-0.15, -0.1) is 0 Å². The van der Waals surface area contributed by atoms with E-state index in [1.54, 1.807) is 20.3 Å². The van der Waals surface area contributed by atoms with Crippen LogP contribution in [0.2, 0.25) is 0 Å². The van der Waals surface area contributed by atoms with Crippen molar-refractivity contribution >= 4 is 0 Å². The Morgan fingerprint density at radius 3 is 1.73 bits per heavy atom. The van der Waals surface area contributed by atoms with Gasteiger partial charge in [-0.05, 0) is 47.0 Å². The van der Waals surface area contributed by atoms with E-state index in [1.807, 2.05) is 48.5 Å². The molecule has 2 aromatic rings. The Balaban J connectivity index is 1.65. The second kappa shape index (κ2) is 10.6. The highest BCUT2D eigenvalue weighted by atomic mass is 16.5. The van der Waals surface area contributed by atoms with Crippen LogP contribution in [0.4, 0.5) is 0 Å². The van der Waals surface area contributed by atoms with Gasteiger partial charge in [0, 0.05) is 0 Å². The van der Waals surface area contributed by atoms with Gasteiger partial charge in [-0.1, -0.05) is 24.3 Å². The Bertz CT molecular complexity index is 816. The van der Waals surface area contributed by atoms with E-state index in [0.29, 0.717) is 5.57 Å². The highest BCUT2D eigenvalue weighted by Gasteiger charge is 2.39. The zero-order valence-electron chi connectivity index (χ0n) is 17.1. The first kappa shape index (κ1) is 22.3. The number of aliphatic hydroxyl groups excluding tert-OH is 3. The summed E-state index contributed by atoms with van der Waals surface area (Å²) in [5.74, 6) is 1.48. The van der Waals surface area contributed by atoms with Gasteiger partial charge in [0.1, 0.15) is 35.9 Å². The van der Waals surface area contributed by atoms with Gasteiger partial charge in [0.2, 0.25) is 0 Å². The van der Waals surface area contributed by atoms with Gasteiger partial charge in [-0.3, -0.25) is 0 Å². The summed E-state index contributed by atoms with van der Waals surface area (Å²) >= 11 is 0. The summed E-state index contributed by atoms with van der Waals surface area (Å²) in [4.78, 5) is 0. The van der Waals surface area contributed by atoms with Gasteiger partial charge in [0.05, 0.1) is 34.0 Å². The van der Waals surface area contributed by atoms with Crippen molar-refractivity contribution in [3.05, 3.63) is 71.3 Å². The van der Waals surface area contributed by atoms with Gasteiger partial charge in [0.15, 0.2) is 0 Å². The maximum Gasteiger partial charge on any atom is 0.118 e. The minimum atomic E-state index is -1.12. The molecule has 0 bridgehead atoms. The highest BCUT2D eigenvalue weighted by molar-refractivity contribution is 5.28. The monoisotopic (exact) mass is 416 g/mol. The van der Waals surface area contributed by atoms with Crippen LogP contribution in [0.3, 0.4) is 0 Å². The van der Waals surface area contributed by atoms with Crippen LogP contribution in [0, 0.1) is 0 Å². The summed E-state index contributed by atoms with van der Waals surface area (Å²) in [5.41, 5.74) is 2.13. The van der Waals surface area contributed by atoms with E-state index in [4.69, 9.17) is 18.9 Å². The molecule has 0 saturated heterocycles. The lowest BCUT2D eigenvalue weighted by Gasteiger charge is -2.37. The van der Waals surface area contributed by atoms with Crippen molar-refractivity contribution in [2.24, 2.45) is 0 Å². The minimum Gasteiger partial charge on any atom is -0.497 e. The molecule has 1 aliphatic carbocycles. The van der Waals surface area contributed by atoms with E-state index in [1.165, 1.54) is 0 Å². The third-order valence-corrected chi connectivity index (χ3v) is 5.13. The molecule has 2 aromatic carbocycles. The number of benzene rings is 2. The zero-order chi connectivity index (χ0) is 21.5. The first-order valence-corrected chi connectivity index (χ1v) is 9.72. The Morgan fingerprint density at radius 1 is 0.767 bits per heavy atom. The molecule has 4 atom stereocenters. The molecule has 0 saturated carbocycles. The van der Waals surface area contributed by atoms with Crippen LogP contribution in [-0.4, -0.2) is 60.6 Å². The molecule has 162 valence electrons. The molecule has 0 radical (unpaired) electrons. The molecule has 7 heteroatoms. The topological polar surface area (TPSA) is 97.6 Å². The number of methoxy groups -OCH3 is 2. The molecule has 1 aliphatic rings. The normalized spacial score (nSPS) is 23.7. The Kier molecular flexibility index (Phi) is 7.84. The van der Waals surface area contributed by atoms with Crippen molar-refractivity contribution < 1.29 is 34.3 Å². The fraction of sp³-hybridized carbons (Fsp3) is 0.391. The first-order chi connectivity index (χ1) is 14.5. The van der Waals surface area contributed by atoms with Crippen LogP contribution in [0.5, 0.6) is 11.5 Å². The second-order valence-electron chi connectivity index (χ2n) is 7.08. The molecule has 7 nitrogen and oxygen atoms in total. The van der Waals surface area contributed by atoms with Crippen molar-refractivity contribution in [1.82, 2.24) is 0 Å². The fourth-order valence-corrected chi connectivity index (χ4v) is 3.30.